The van der Waals surface area contributed by atoms with Crippen LogP contribution >= 0.6 is 0 Å². The fourth-order valence-corrected chi connectivity index (χ4v) is 4.66. The molecule has 0 aliphatic rings. The largest absolute Gasteiger partial charge is 0.496 e. The van der Waals surface area contributed by atoms with Gasteiger partial charge < -0.3 is 4.74 Å². The number of aromatic nitrogens is 3. The molecule has 0 aliphatic heterocycles. The molecule has 30 heavy (non-hydrogen) atoms. The fraction of sp³-hybridized carbons (Fsp3) is 0.182. The Morgan fingerprint density at radius 1 is 0.933 bits per heavy atom. The molecule has 4 aromatic rings. The molecular formula is C22H22N4O3S. The second-order valence-electron chi connectivity index (χ2n) is 7.10. The summed E-state index contributed by atoms with van der Waals surface area (Å²) in [6, 6.07) is 12.3. The normalized spacial score (nSPS) is 11.6. The smallest absolute Gasteiger partial charge is 0.262 e. The molecule has 7 nitrogen and oxygen atoms in total. The zero-order valence-corrected chi connectivity index (χ0v) is 18.0. The molecule has 0 bridgehead atoms. The van der Waals surface area contributed by atoms with Crippen LogP contribution in [0.4, 0.5) is 5.69 Å². The third kappa shape index (κ3) is 3.61. The molecule has 1 N–H and O–H groups in total. The van der Waals surface area contributed by atoms with E-state index in [0.717, 1.165) is 22.5 Å². The summed E-state index contributed by atoms with van der Waals surface area (Å²) in [5.41, 5.74) is 4.47. The summed E-state index contributed by atoms with van der Waals surface area (Å²) in [5.74, 6) is 1.29. The minimum atomic E-state index is -3.73. The quantitative estimate of drug-likeness (QED) is 0.523. The lowest BCUT2D eigenvalue weighted by atomic mass is 10.1. The van der Waals surface area contributed by atoms with Crippen molar-refractivity contribution in [2.75, 3.05) is 11.8 Å². The lowest BCUT2D eigenvalue weighted by molar-refractivity contribution is 0.411. The third-order valence-corrected chi connectivity index (χ3v) is 6.62. The van der Waals surface area contributed by atoms with Crippen LogP contribution in [0.5, 0.6) is 5.75 Å². The van der Waals surface area contributed by atoms with Crippen molar-refractivity contribution in [3.63, 3.8) is 0 Å². The van der Waals surface area contributed by atoms with Crippen LogP contribution in [0.1, 0.15) is 16.8 Å². The number of hydrogen-bond acceptors (Lipinski definition) is 5. The highest BCUT2D eigenvalue weighted by atomic mass is 32.2. The van der Waals surface area contributed by atoms with Crippen LogP contribution in [0.25, 0.3) is 17.0 Å². The highest BCUT2D eigenvalue weighted by Crippen LogP contribution is 2.28. The Labute approximate surface area is 175 Å². The van der Waals surface area contributed by atoms with E-state index in [4.69, 9.17) is 4.74 Å². The van der Waals surface area contributed by atoms with E-state index >= 15 is 0 Å². The predicted molar refractivity (Wildman–Crippen MR) is 116 cm³/mol. The number of fused-ring (bicyclic) bond motifs is 1. The summed E-state index contributed by atoms with van der Waals surface area (Å²) in [7, 11) is -2.16. The van der Waals surface area contributed by atoms with E-state index in [2.05, 4.69) is 14.7 Å². The van der Waals surface area contributed by atoms with Gasteiger partial charge in [-0.1, -0.05) is 12.1 Å². The van der Waals surface area contributed by atoms with Crippen molar-refractivity contribution in [1.82, 2.24) is 14.4 Å². The van der Waals surface area contributed by atoms with Gasteiger partial charge in [0.1, 0.15) is 5.75 Å². The van der Waals surface area contributed by atoms with Gasteiger partial charge in [0.05, 0.1) is 17.7 Å². The van der Waals surface area contributed by atoms with Crippen molar-refractivity contribution in [2.45, 2.75) is 25.7 Å². The van der Waals surface area contributed by atoms with Gasteiger partial charge in [0.15, 0.2) is 0 Å². The van der Waals surface area contributed by atoms with E-state index in [-0.39, 0.29) is 4.90 Å². The lowest BCUT2D eigenvalue weighted by Crippen LogP contribution is -2.15. The minimum Gasteiger partial charge on any atom is -0.496 e. The van der Waals surface area contributed by atoms with Gasteiger partial charge in [-0.15, -0.1) is 0 Å². The van der Waals surface area contributed by atoms with E-state index in [1.807, 2.05) is 48.8 Å². The van der Waals surface area contributed by atoms with Gasteiger partial charge in [-0.05, 0) is 62.2 Å². The van der Waals surface area contributed by atoms with E-state index in [1.165, 1.54) is 0 Å². The molecule has 4 rings (SSSR count). The van der Waals surface area contributed by atoms with Gasteiger partial charge in [-0.2, -0.15) is 0 Å². The number of nitrogens with one attached hydrogen (secondary N) is 1. The number of sulfonamides is 1. The maximum atomic E-state index is 12.9. The summed E-state index contributed by atoms with van der Waals surface area (Å²) < 4.78 is 35.6. The molecular weight excluding hydrogens is 400 g/mol. The molecule has 0 spiro atoms. The summed E-state index contributed by atoms with van der Waals surface area (Å²) >= 11 is 0. The third-order valence-electron chi connectivity index (χ3n) is 5.10. The molecule has 2 heterocycles. The summed E-state index contributed by atoms with van der Waals surface area (Å²) in [4.78, 5) is 9.16. The molecule has 2 aromatic heterocycles. The number of nitrogens with zero attached hydrogens (tertiary/aromatic N) is 3. The van der Waals surface area contributed by atoms with Gasteiger partial charge in [0.2, 0.25) is 5.78 Å². The van der Waals surface area contributed by atoms with Gasteiger partial charge >= 0.3 is 0 Å². The fourth-order valence-electron chi connectivity index (χ4n) is 3.30. The average molecular weight is 423 g/mol. The number of hydrogen-bond donors (Lipinski definition) is 1. The van der Waals surface area contributed by atoms with Gasteiger partial charge in [0, 0.05) is 29.3 Å². The first kappa shape index (κ1) is 19.9. The Bertz CT molecular complexity index is 1340. The molecule has 0 unspecified atom stereocenters. The zero-order valence-electron chi connectivity index (χ0n) is 17.2. The predicted octanol–water partition coefficient (Wildman–Crippen LogP) is 4.13. The maximum Gasteiger partial charge on any atom is 0.262 e. The first-order chi connectivity index (χ1) is 14.3. The Kier molecular flexibility index (Phi) is 4.95. The van der Waals surface area contributed by atoms with Crippen molar-refractivity contribution in [3.05, 3.63) is 71.7 Å². The van der Waals surface area contributed by atoms with Crippen LogP contribution in [-0.2, 0) is 10.0 Å². The molecule has 0 fully saturated rings. The van der Waals surface area contributed by atoms with E-state index < -0.39 is 10.0 Å². The molecule has 0 aliphatic carbocycles. The molecule has 0 amide bonds. The highest BCUT2D eigenvalue weighted by Gasteiger charge is 2.19. The van der Waals surface area contributed by atoms with Crippen LogP contribution < -0.4 is 9.46 Å². The molecule has 154 valence electrons. The van der Waals surface area contributed by atoms with Crippen LogP contribution in [0, 0.1) is 20.8 Å². The number of benzene rings is 2. The van der Waals surface area contributed by atoms with Gasteiger partial charge in [0.25, 0.3) is 10.0 Å². The number of ether oxygens (including phenoxy) is 1. The number of methoxy groups -OCH3 is 1. The second-order valence-corrected chi connectivity index (χ2v) is 8.75. The first-order valence-electron chi connectivity index (χ1n) is 9.38. The van der Waals surface area contributed by atoms with Crippen LogP contribution in [0.15, 0.2) is 59.8 Å². The molecule has 0 radical (unpaired) electrons. The van der Waals surface area contributed by atoms with Crippen molar-refractivity contribution in [1.29, 1.82) is 0 Å². The summed E-state index contributed by atoms with van der Waals surface area (Å²) in [6.45, 7) is 5.53. The van der Waals surface area contributed by atoms with Crippen molar-refractivity contribution in [2.24, 2.45) is 0 Å². The van der Waals surface area contributed by atoms with Crippen LogP contribution in [-0.4, -0.2) is 29.9 Å². The van der Waals surface area contributed by atoms with Crippen LogP contribution in [0.2, 0.25) is 0 Å². The minimum absolute atomic E-state index is 0.228. The SMILES string of the molecule is COc1ccc(S(=O)(=O)Nc2ccc(-c3cn4ccc(C)nc4n3)cc2)c(C)c1C. The Balaban J connectivity index is 1.60. The van der Waals surface area contributed by atoms with E-state index in [9.17, 15) is 8.42 Å². The number of rotatable bonds is 5. The lowest BCUT2D eigenvalue weighted by Gasteiger charge is -2.14. The average Bonchev–Trinajstić information content (AvgIpc) is 3.13. The monoisotopic (exact) mass is 422 g/mol. The topological polar surface area (TPSA) is 85.6 Å². The van der Waals surface area contributed by atoms with Crippen molar-refractivity contribution >= 4 is 21.5 Å². The van der Waals surface area contributed by atoms with E-state index in [0.29, 0.717) is 22.8 Å². The Morgan fingerprint density at radius 2 is 1.67 bits per heavy atom. The van der Waals surface area contributed by atoms with Crippen molar-refractivity contribution in [3.8, 4) is 17.0 Å². The van der Waals surface area contributed by atoms with Crippen LogP contribution in [0.3, 0.4) is 0 Å². The molecule has 2 aromatic carbocycles. The Hall–Kier alpha value is -3.39. The number of imidazole rings is 1. The standard InChI is InChI=1S/C22H22N4O3S/c1-14-11-12-26-13-19(24-22(26)23-14)17-5-7-18(8-6-17)25-30(27,28)21-10-9-20(29-4)15(2)16(21)3/h5-13,25H,1-4H3. The summed E-state index contributed by atoms with van der Waals surface area (Å²) in [5, 5.41) is 0. The van der Waals surface area contributed by atoms with E-state index in [1.54, 1.807) is 38.3 Å². The highest BCUT2D eigenvalue weighted by molar-refractivity contribution is 7.92. The maximum absolute atomic E-state index is 12.9. The van der Waals surface area contributed by atoms with Gasteiger partial charge in [-0.3, -0.25) is 9.12 Å². The number of aryl methyl sites for hydroxylation is 1. The number of anilines is 1. The zero-order chi connectivity index (χ0) is 21.5. The van der Waals surface area contributed by atoms with Crippen molar-refractivity contribution < 1.29 is 13.2 Å². The molecule has 8 heteroatoms. The second kappa shape index (κ2) is 7.46. The summed E-state index contributed by atoms with van der Waals surface area (Å²) in [6.07, 6.45) is 3.81. The molecule has 0 saturated carbocycles. The Morgan fingerprint density at radius 3 is 2.37 bits per heavy atom. The van der Waals surface area contributed by atoms with Gasteiger partial charge in [-0.25, -0.2) is 18.4 Å². The first-order valence-corrected chi connectivity index (χ1v) is 10.9. The molecule has 0 atom stereocenters. The molecule has 0 saturated heterocycles.